The highest BCUT2D eigenvalue weighted by Gasteiger charge is 2.45. The molecule has 3 aliphatic heterocycles. The van der Waals surface area contributed by atoms with Crippen LogP contribution in [0.25, 0.3) is 0 Å². The molecule has 3 fully saturated rings. The van der Waals surface area contributed by atoms with Gasteiger partial charge in [-0.2, -0.15) is 13.2 Å². The summed E-state index contributed by atoms with van der Waals surface area (Å²) in [7, 11) is 5.46. The first kappa shape index (κ1) is 61.7. The van der Waals surface area contributed by atoms with Gasteiger partial charge in [-0.15, -0.1) is 0 Å². The van der Waals surface area contributed by atoms with E-state index in [0.717, 1.165) is 33.3 Å². The summed E-state index contributed by atoms with van der Waals surface area (Å²) in [6.45, 7) is 14.4. The number of aliphatic hydroxyl groups excluding tert-OH is 1. The van der Waals surface area contributed by atoms with Gasteiger partial charge in [0.25, 0.3) is 0 Å². The maximum atomic E-state index is 15.0. The Morgan fingerprint density at radius 2 is 1.15 bits per heavy atom. The van der Waals surface area contributed by atoms with Crippen molar-refractivity contribution in [2.45, 2.75) is 180 Å². The first-order valence-corrected chi connectivity index (χ1v) is 26.4. The van der Waals surface area contributed by atoms with Crippen molar-refractivity contribution in [3.8, 4) is 0 Å². The zero-order valence-electron chi connectivity index (χ0n) is 45.9. The van der Waals surface area contributed by atoms with Crippen molar-refractivity contribution < 1.29 is 61.4 Å². The van der Waals surface area contributed by atoms with Crippen LogP contribution in [-0.2, 0) is 55.7 Å². The topological polar surface area (TPSA) is 229 Å². The summed E-state index contributed by atoms with van der Waals surface area (Å²) in [5.74, 6) is -7.22. The third-order valence-corrected chi connectivity index (χ3v) is 14.6. The number of hydrogen-bond acceptors (Lipinski definition) is 10. The summed E-state index contributed by atoms with van der Waals surface area (Å²) in [5, 5.41) is 19.2. The molecule has 0 bridgehead atoms. The fraction of sp³-hybridized carbons (Fsp3) is 0.717. The fourth-order valence-electron chi connectivity index (χ4n) is 9.99. The first-order chi connectivity index (χ1) is 35.0. The molecular weight excluding hydrogens is 980 g/mol. The molecule has 1 aromatic carbocycles. The van der Waals surface area contributed by atoms with Gasteiger partial charge in [0.05, 0.1) is 18.1 Å². The van der Waals surface area contributed by atoms with E-state index in [2.05, 4.69) is 16.0 Å². The molecular formula is C53H82F3N9O10. The minimum Gasteiger partial charge on any atom is -0.391 e. The maximum absolute atomic E-state index is 15.0. The Kier molecular flexibility index (Phi) is 22.1. The smallest absolute Gasteiger partial charge is 0.391 e. The van der Waals surface area contributed by atoms with E-state index in [4.69, 9.17) is 0 Å². The Balaban J connectivity index is 1.90. The number of piperidine rings is 1. The monoisotopic (exact) mass is 1060 g/mol. The van der Waals surface area contributed by atoms with Crippen LogP contribution < -0.4 is 16.0 Å². The van der Waals surface area contributed by atoms with Crippen LogP contribution in [0, 0.1) is 17.8 Å². The molecule has 0 unspecified atom stereocenters. The lowest BCUT2D eigenvalue weighted by Gasteiger charge is -2.38. The highest BCUT2D eigenvalue weighted by Crippen LogP contribution is 2.30. The maximum Gasteiger partial charge on any atom is 0.416 e. The number of nitrogens with zero attached hydrogens (tertiary/aromatic N) is 6. The molecule has 420 valence electrons. The number of likely N-dealkylation sites (tertiary alicyclic amines) is 1. The molecule has 3 saturated heterocycles. The first-order valence-electron chi connectivity index (χ1n) is 26.4. The number of likely N-dealkylation sites (N-methyl/N-ethyl adjacent to an activating group) is 4. The van der Waals surface area contributed by atoms with Crippen molar-refractivity contribution in [3.05, 3.63) is 35.4 Å². The van der Waals surface area contributed by atoms with E-state index >= 15 is 0 Å². The SMILES string of the molecule is CC(C)C[C@H]1C(=O)N[C@@H]([C@@H](C)O)C(=O)N2CCC[C@H]2C(=O)N(C)[C@@H](C)C(=O)N[C@@H](Cc2ccc(C(F)(F)F)cc2)C(=O)N(C)[C@@H](CC(C)C)C(=O)N(C)[C@@H](CC(C)C)C(=O)N[C@H](C(=O)N2CCCCC2)CC(=O)N1C. The van der Waals surface area contributed by atoms with E-state index in [1.807, 2.05) is 41.5 Å². The van der Waals surface area contributed by atoms with Crippen LogP contribution in [0.5, 0.6) is 0 Å². The number of amides is 9. The molecule has 0 spiro atoms. The number of rotatable bonds is 10. The molecule has 0 aliphatic carbocycles. The number of carbonyl (C=O) groups excluding carboxylic acids is 9. The van der Waals surface area contributed by atoms with Crippen molar-refractivity contribution in [2.24, 2.45) is 17.8 Å². The number of nitrogens with one attached hydrogen (secondary N) is 3. The number of fused-ring (bicyclic) bond motifs is 1. The Morgan fingerprint density at radius 1 is 0.627 bits per heavy atom. The lowest BCUT2D eigenvalue weighted by atomic mass is 9.96. The summed E-state index contributed by atoms with van der Waals surface area (Å²) in [4.78, 5) is 138. The molecule has 3 aliphatic rings. The second-order valence-corrected chi connectivity index (χ2v) is 22.0. The van der Waals surface area contributed by atoms with E-state index in [1.165, 1.54) is 64.0 Å². The molecule has 75 heavy (non-hydrogen) atoms. The van der Waals surface area contributed by atoms with Gasteiger partial charge in [-0.25, -0.2) is 0 Å². The molecule has 19 nitrogen and oxygen atoms in total. The molecule has 4 rings (SSSR count). The third-order valence-electron chi connectivity index (χ3n) is 14.6. The summed E-state index contributed by atoms with van der Waals surface area (Å²) in [5.41, 5.74) is -0.720. The van der Waals surface area contributed by atoms with Crippen LogP contribution in [0.1, 0.15) is 124 Å². The highest BCUT2D eigenvalue weighted by atomic mass is 19.4. The lowest BCUT2D eigenvalue weighted by Crippen LogP contribution is -2.61. The number of aliphatic hydroxyl groups is 1. The Bertz CT molecular complexity index is 2200. The zero-order chi connectivity index (χ0) is 56.4. The Hall–Kier alpha value is -5.80. The number of carbonyl (C=O) groups is 9. The molecule has 3 heterocycles. The Morgan fingerprint density at radius 3 is 1.68 bits per heavy atom. The van der Waals surface area contributed by atoms with E-state index in [-0.39, 0.29) is 62.0 Å². The molecule has 0 radical (unpaired) electrons. The molecule has 1 aromatic rings. The van der Waals surface area contributed by atoms with Crippen molar-refractivity contribution >= 4 is 53.2 Å². The van der Waals surface area contributed by atoms with Crippen molar-refractivity contribution in [1.29, 1.82) is 0 Å². The largest absolute Gasteiger partial charge is 0.416 e. The van der Waals surface area contributed by atoms with Gasteiger partial charge < -0.3 is 50.5 Å². The molecule has 4 N–H and O–H groups in total. The van der Waals surface area contributed by atoms with Gasteiger partial charge in [0, 0.05) is 54.2 Å². The highest BCUT2D eigenvalue weighted by molar-refractivity contribution is 5.99. The van der Waals surface area contributed by atoms with Crippen LogP contribution >= 0.6 is 0 Å². The van der Waals surface area contributed by atoms with Gasteiger partial charge in [-0.1, -0.05) is 53.7 Å². The van der Waals surface area contributed by atoms with Crippen molar-refractivity contribution in [1.82, 2.24) is 45.3 Å². The van der Waals surface area contributed by atoms with Crippen LogP contribution in [0.2, 0.25) is 0 Å². The van der Waals surface area contributed by atoms with Gasteiger partial charge in [0.15, 0.2) is 0 Å². The molecule has 22 heteroatoms. The average molecular weight is 1060 g/mol. The van der Waals surface area contributed by atoms with E-state index in [0.29, 0.717) is 32.4 Å². The van der Waals surface area contributed by atoms with Gasteiger partial charge in [-0.3, -0.25) is 43.2 Å². The molecule has 0 saturated carbocycles. The van der Waals surface area contributed by atoms with Crippen LogP contribution in [0.4, 0.5) is 13.2 Å². The summed E-state index contributed by atoms with van der Waals surface area (Å²) in [6.07, 6.45) is -4.12. The van der Waals surface area contributed by atoms with E-state index in [9.17, 15) is 61.4 Å². The zero-order valence-corrected chi connectivity index (χ0v) is 45.9. The van der Waals surface area contributed by atoms with Crippen LogP contribution in [0.15, 0.2) is 24.3 Å². The average Bonchev–Trinajstić information content (AvgIpc) is 3.85. The predicted molar refractivity (Wildman–Crippen MR) is 273 cm³/mol. The Labute approximate surface area is 440 Å². The number of halogens is 3. The van der Waals surface area contributed by atoms with Gasteiger partial charge >= 0.3 is 6.18 Å². The molecule has 0 aromatic heterocycles. The second kappa shape index (κ2) is 26.8. The van der Waals surface area contributed by atoms with Crippen LogP contribution in [0.3, 0.4) is 0 Å². The fourth-order valence-corrected chi connectivity index (χ4v) is 9.99. The number of alkyl halides is 3. The van der Waals surface area contributed by atoms with Gasteiger partial charge in [0.2, 0.25) is 53.2 Å². The van der Waals surface area contributed by atoms with Gasteiger partial charge in [0.1, 0.15) is 48.3 Å². The van der Waals surface area contributed by atoms with E-state index in [1.54, 1.807) is 4.90 Å². The summed E-state index contributed by atoms with van der Waals surface area (Å²) in [6, 6.07) is -6.76. The van der Waals surface area contributed by atoms with E-state index < -0.39 is 126 Å². The summed E-state index contributed by atoms with van der Waals surface area (Å²) < 4.78 is 40.9. The standard InChI is InChI=1S/C53H82F3N9O10/c1-30(2)25-40-47(70)59-44(34(8)66)52(75)65-24-16-17-39(65)50(73)60(9)33(7)45(68)57-37(28-35-18-20-36(21-19-35)53(54,55)56)48(71)63(12)42(27-32(5)6)51(74)62(11)41(26-31(3)4)46(69)58-38(29-43(67)61(40)10)49(72)64-22-14-13-15-23-64/h18-21,30-34,37-42,44,66H,13-17,22-29H2,1-12H3,(H,57,68)(H,58,69)(H,59,70)/t33-,34+,37-,38-,39-,40-,41-,42-,44-/m0/s1. The number of hydrogen-bond donors (Lipinski definition) is 4. The second-order valence-electron chi connectivity index (χ2n) is 22.0. The normalized spacial score (nSPS) is 26.9. The molecule has 9 amide bonds. The quantitative estimate of drug-likeness (QED) is 0.268. The number of benzene rings is 1. The minimum atomic E-state index is -4.66. The van der Waals surface area contributed by atoms with Gasteiger partial charge in [-0.05, 0) is 101 Å². The molecule has 9 atom stereocenters. The summed E-state index contributed by atoms with van der Waals surface area (Å²) >= 11 is 0. The lowest BCUT2D eigenvalue weighted by molar-refractivity contribution is -0.151. The minimum absolute atomic E-state index is 0.0498. The van der Waals surface area contributed by atoms with Crippen molar-refractivity contribution in [2.75, 3.05) is 47.8 Å². The predicted octanol–water partition coefficient (Wildman–Crippen LogP) is 2.96. The van der Waals surface area contributed by atoms with Crippen LogP contribution in [-0.4, -0.2) is 190 Å². The third kappa shape index (κ3) is 16.1. The van der Waals surface area contributed by atoms with Crippen molar-refractivity contribution in [3.63, 3.8) is 0 Å².